The van der Waals surface area contributed by atoms with E-state index in [1.165, 1.54) is 0 Å². The van der Waals surface area contributed by atoms with Crippen molar-refractivity contribution in [1.29, 1.82) is 0 Å². The Morgan fingerprint density at radius 1 is 1.40 bits per heavy atom. The molecule has 0 saturated carbocycles. The number of halogens is 1. The average Bonchev–Trinajstić information content (AvgIpc) is 2.37. The molecule has 7 nitrogen and oxygen atoms in total. The quantitative estimate of drug-likeness (QED) is 0.657. The van der Waals surface area contributed by atoms with E-state index >= 15 is 0 Å². The first-order valence-electron chi connectivity index (χ1n) is 6.30. The van der Waals surface area contributed by atoms with Gasteiger partial charge in [0, 0.05) is 6.42 Å². The Kier molecular flexibility index (Phi) is 6.56. The van der Waals surface area contributed by atoms with Crippen LogP contribution in [-0.2, 0) is 9.47 Å². The van der Waals surface area contributed by atoms with Gasteiger partial charge in [-0.2, -0.15) is 4.39 Å². The van der Waals surface area contributed by atoms with Crippen LogP contribution in [0.1, 0.15) is 26.5 Å². The lowest BCUT2D eigenvalue weighted by Gasteiger charge is -2.22. The highest BCUT2D eigenvalue weighted by molar-refractivity contribution is 4.88. The Morgan fingerprint density at radius 3 is 2.70 bits per heavy atom. The smallest absolute Gasteiger partial charge is 0.330 e. The number of aliphatic hydroxyl groups is 1. The van der Waals surface area contributed by atoms with Gasteiger partial charge in [0.05, 0.1) is 32.1 Å². The van der Waals surface area contributed by atoms with Gasteiger partial charge in [-0.15, -0.1) is 0 Å². The van der Waals surface area contributed by atoms with E-state index in [4.69, 9.17) is 14.6 Å². The van der Waals surface area contributed by atoms with Crippen molar-refractivity contribution in [2.75, 3.05) is 19.8 Å². The molecule has 1 atom stereocenters. The summed E-state index contributed by atoms with van der Waals surface area (Å²) in [5.41, 5.74) is -1.81. The topological polar surface area (TPSA) is 93.5 Å². The molecular weight excluding hydrogens is 271 g/mol. The number of aromatic nitrogens is 2. The molecule has 0 aliphatic carbocycles. The van der Waals surface area contributed by atoms with E-state index in [1.807, 2.05) is 4.98 Å². The summed E-state index contributed by atoms with van der Waals surface area (Å²) in [6.45, 7) is 3.83. The van der Waals surface area contributed by atoms with Crippen LogP contribution in [0.25, 0.3) is 0 Å². The van der Waals surface area contributed by atoms with Crippen LogP contribution in [0.5, 0.6) is 0 Å². The SMILES string of the molecule is CC(C)O[C@@H](CCOCCO)n1cc(F)c(=O)[nH]c1=O. The zero-order valence-corrected chi connectivity index (χ0v) is 11.5. The Morgan fingerprint density at radius 2 is 2.10 bits per heavy atom. The van der Waals surface area contributed by atoms with Crippen molar-refractivity contribution < 1.29 is 19.0 Å². The van der Waals surface area contributed by atoms with Gasteiger partial charge in [-0.05, 0) is 13.8 Å². The Hall–Kier alpha value is -1.51. The maximum absolute atomic E-state index is 13.3. The lowest BCUT2D eigenvalue weighted by Crippen LogP contribution is -2.35. The maximum atomic E-state index is 13.3. The molecule has 0 aromatic carbocycles. The normalized spacial score (nSPS) is 12.8. The summed E-state index contributed by atoms with van der Waals surface area (Å²) in [4.78, 5) is 24.6. The van der Waals surface area contributed by atoms with Crippen LogP contribution in [0.4, 0.5) is 4.39 Å². The summed E-state index contributed by atoms with van der Waals surface area (Å²) in [7, 11) is 0. The third-order valence-corrected chi connectivity index (χ3v) is 2.41. The number of ether oxygens (including phenoxy) is 2. The van der Waals surface area contributed by atoms with Gasteiger partial charge in [-0.25, -0.2) is 4.79 Å². The first-order chi connectivity index (χ1) is 9.45. The molecular formula is C12H19FN2O5. The largest absolute Gasteiger partial charge is 0.394 e. The first-order valence-corrected chi connectivity index (χ1v) is 6.30. The van der Waals surface area contributed by atoms with E-state index in [1.54, 1.807) is 13.8 Å². The Balaban J connectivity index is 2.89. The fourth-order valence-corrected chi connectivity index (χ4v) is 1.61. The van der Waals surface area contributed by atoms with Crippen LogP contribution in [0, 0.1) is 5.82 Å². The van der Waals surface area contributed by atoms with Crippen LogP contribution in [0.3, 0.4) is 0 Å². The van der Waals surface area contributed by atoms with Gasteiger partial charge >= 0.3 is 5.69 Å². The summed E-state index contributed by atoms with van der Waals surface area (Å²) in [6, 6.07) is 0. The zero-order valence-electron chi connectivity index (χ0n) is 11.5. The summed E-state index contributed by atoms with van der Waals surface area (Å²) >= 11 is 0. The highest BCUT2D eigenvalue weighted by Crippen LogP contribution is 2.13. The molecule has 0 radical (unpaired) electrons. The van der Waals surface area contributed by atoms with Crippen LogP contribution in [0.2, 0.25) is 0 Å². The third-order valence-electron chi connectivity index (χ3n) is 2.41. The van der Waals surface area contributed by atoms with Crippen LogP contribution < -0.4 is 11.2 Å². The molecule has 0 amide bonds. The van der Waals surface area contributed by atoms with Crippen molar-refractivity contribution in [2.24, 2.45) is 0 Å². The molecule has 0 unspecified atom stereocenters. The van der Waals surface area contributed by atoms with Crippen molar-refractivity contribution in [2.45, 2.75) is 32.6 Å². The molecule has 0 aliphatic rings. The molecule has 114 valence electrons. The fraction of sp³-hybridized carbons (Fsp3) is 0.667. The molecule has 0 aliphatic heterocycles. The maximum Gasteiger partial charge on any atom is 0.330 e. The van der Waals surface area contributed by atoms with Gasteiger partial charge in [0.15, 0.2) is 0 Å². The van der Waals surface area contributed by atoms with Crippen molar-refractivity contribution in [3.05, 3.63) is 32.9 Å². The average molecular weight is 290 g/mol. The standard InChI is InChI=1S/C12H19FN2O5/c1-8(2)20-10(3-5-19-6-4-16)15-7-9(13)11(17)14-12(15)18/h7-8,10,16H,3-6H2,1-2H3,(H,14,17,18)/t10-/m0/s1. The van der Waals surface area contributed by atoms with Crippen LogP contribution >= 0.6 is 0 Å². The lowest BCUT2D eigenvalue weighted by molar-refractivity contribution is -0.0596. The summed E-state index contributed by atoms with van der Waals surface area (Å²) < 4.78 is 24.9. The predicted molar refractivity (Wildman–Crippen MR) is 69.1 cm³/mol. The number of nitrogens with one attached hydrogen (secondary N) is 1. The van der Waals surface area contributed by atoms with E-state index < -0.39 is 23.3 Å². The van der Waals surface area contributed by atoms with E-state index in [0.717, 1.165) is 10.8 Å². The number of rotatable bonds is 8. The Labute approximate surface area is 115 Å². The predicted octanol–water partition coefficient (Wildman–Crippen LogP) is -0.00170. The second-order valence-corrected chi connectivity index (χ2v) is 4.41. The summed E-state index contributed by atoms with van der Waals surface area (Å²) in [5.74, 6) is -1.06. The van der Waals surface area contributed by atoms with E-state index in [-0.39, 0.29) is 32.3 Å². The number of H-pyrrole nitrogens is 1. The number of nitrogens with zero attached hydrogens (tertiary/aromatic N) is 1. The second kappa shape index (κ2) is 7.93. The van der Waals surface area contributed by atoms with Gasteiger partial charge in [0.1, 0.15) is 6.23 Å². The molecule has 8 heteroatoms. The molecule has 0 bridgehead atoms. The minimum absolute atomic E-state index is 0.108. The number of aliphatic hydroxyl groups excluding tert-OH is 1. The van der Waals surface area contributed by atoms with Gasteiger partial charge < -0.3 is 14.6 Å². The monoisotopic (exact) mass is 290 g/mol. The number of hydrogen-bond donors (Lipinski definition) is 2. The van der Waals surface area contributed by atoms with E-state index in [2.05, 4.69) is 0 Å². The van der Waals surface area contributed by atoms with Crippen molar-refractivity contribution in [3.63, 3.8) is 0 Å². The van der Waals surface area contributed by atoms with Gasteiger partial charge in [-0.3, -0.25) is 14.3 Å². The van der Waals surface area contributed by atoms with Crippen LogP contribution in [0.15, 0.2) is 15.8 Å². The first kappa shape index (κ1) is 16.5. The summed E-state index contributed by atoms with van der Waals surface area (Å²) in [6.07, 6.45) is 0.149. The molecule has 1 aromatic rings. The van der Waals surface area contributed by atoms with Gasteiger partial charge in [-0.1, -0.05) is 0 Å². The molecule has 1 aromatic heterocycles. The van der Waals surface area contributed by atoms with Crippen molar-refractivity contribution >= 4 is 0 Å². The zero-order chi connectivity index (χ0) is 15.1. The highest BCUT2D eigenvalue weighted by Gasteiger charge is 2.16. The third kappa shape index (κ3) is 4.87. The molecule has 1 rings (SSSR count). The summed E-state index contributed by atoms with van der Waals surface area (Å²) in [5, 5.41) is 8.60. The minimum atomic E-state index is -1.06. The number of hydrogen-bond acceptors (Lipinski definition) is 5. The van der Waals surface area contributed by atoms with Crippen molar-refractivity contribution in [3.8, 4) is 0 Å². The highest BCUT2D eigenvalue weighted by atomic mass is 19.1. The van der Waals surface area contributed by atoms with Crippen LogP contribution in [-0.4, -0.2) is 40.6 Å². The molecule has 20 heavy (non-hydrogen) atoms. The van der Waals surface area contributed by atoms with E-state index in [0.29, 0.717) is 0 Å². The molecule has 0 spiro atoms. The van der Waals surface area contributed by atoms with Crippen molar-refractivity contribution in [1.82, 2.24) is 9.55 Å². The van der Waals surface area contributed by atoms with E-state index in [9.17, 15) is 14.0 Å². The fourth-order valence-electron chi connectivity index (χ4n) is 1.61. The molecule has 0 saturated heterocycles. The second-order valence-electron chi connectivity index (χ2n) is 4.41. The molecule has 1 heterocycles. The molecule has 0 fully saturated rings. The minimum Gasteiger partial charge on any atom is -0.394 e. The van der Waals surface area contributed by atoms with Gasteiger partial charge in [0.2, 0.25) is 5.82 Å². The Bertz CT molecular complexity index is 525. The molecule has 2 N–H and O–H groups in total. The number of aromatic amines is 1. The van der Waals surface area contributed by atoms with Gasteiger partial charge in [0.25, 0.3) is 5.56 Å². The lowest BCUT2D eigenvalue weighted by atomic mass is 10.3.